The Balaban J connectivity index is 1.54. The van der Waals surface area contributed by atoms with Crippen LogP contribution in [0, 0.1) is 11.3 Å². The quantitative estimate of drug-likeness (QED) is 0.615. The van der Waals surface area contributed by atoms with Gasteiger partial charge in [0.05, 0.1) is 11.7 Å². The lowest BCUT2D eigenvalue weighted by Crippen LogP contribution is -2.36. The van der Waals surface area contributed by atoms with Gasteiger partial charge in [0.1, 0.15) is 17.4 Å². The highest BCUT2D eigenvalue weighted by atomic mass is 15.2. The van der Waals surface area contributed by atoms with Crippen molar-refractivity contribution in [3.63, 3.8) is 0 Å². The number of nitrogens with one attached hydrogen (secondary N) is 1. The minimum Gasteiger partial charge on any atom is -0.338 e. The fraction of sp³-hybridized carbons (Fsp3) is 0.190. The monoisotopic (exact) mass is 339 g/mol. The zero-order chi connectivity index (χ0) is 17.5. The first-order valence-corrected chi connectivity index (χ1v) is 8.79. The molecule has 1 fully saturated rings. The minimum absolute atomic E-state index is 0.416. The molecule has 3 aromatic heterocycles. The van der Waals surface area contributed by atoms with Gasteiger partial charge >= 0.3 is 0 Å². The van der Waals surface area contributed by atoms with E-state index < -0.39 is 0 Å². The Bertz CT molecular complexity index is 1150. The predicted octanol–water partition coefficient (Wildman–Crippen LogP) is 3.86. The molecule has 5 nitrogen and oxygen atoms in total. The van der Waals surface area contributed by atoms with Crippen LogP contribution < -0.4 is 0 Å². The summed E-state index contributed by atoms with van der Waals surface area (Å²) in [7, 11) is 0. The number of likely N-dealkylation sites (tertiary alicyclic amines) is 1. The van der Waals surface area contributed by atoms with Crippen LogP contribution in [-0.4, -0.2) is 32.9 Å². The zero-order valence-corrected chi connectivity index (χ0v) is 14.2. The fourth-order valence-corrected chi connectivity index (χ4v) is 3.49. The van der Waals surface area contributed by atoms with Gasteiger partial charge in [0, 0.05) is 29.1 Å². The molecule has 1 saturated heterocycles. The van der Waals surface area contributed by atoms with Gasteiger partial charge in [-0.05, 0) is 42.8 Å². The maximum absolute atomic E-state index is 9.11. The lowest BCUT2D eigenvalue weighted by atomic mass is 10.0. The summed E-state index contributed by atoms with van der Waals surface area (Å²) in [6, 6.07) is 14.8. The highest BCUT2D eigenvalue weighted by Gasteiger charge is 2.14. The molecule has 0 aliphatic carbocycles. The Morgan fingerprint density at radius 2 is 1.85 bits per heavy atom. The van der Waals surface area contributed by atoms with Crippen LogP contribution in [0.15, 0.2) is 48.8 Å². The third-order valence-corrected chi connectivity index (χ3v) is 5.09. The number of H-pyrrole nitrogens is 1. The van der Waals surface area contributed by atoms with Gasteiger partial charge in [0.2, 0.25) is 0 Å². The van der Waals surface area contributed by atoms with E-state index >= 15 is 0 Å². The van der Waals surface area contributed by atoms with Crippen molar-refractivity contribution in [1.29, 1.82) is 5.26 Å². The van der Waals surface area contributed by atoms with Crippen molar-refractivity contribution in [3.05, 3.63) is 60.0 Å². The van der Waals surface area contributed by atoms with Gasteiger partial charge < -0.3 is 4.98 Å². The standard InChI is InChI=1S/C21H17N5/c22-10-17-9-18-19-8-16(11-24-21(19)25-20(18)12-23-17)15-4-2-14(3-5-15)13-26-6-1-7-26/h2-5,8-9,11-12H,1,6-7,13H2,(H,24,25). The molecule has 0 bridgehead atoms. The zero-order valence-electron chi connectivity index (χ0n) is 14.2. The number of benzene rings is 1. The normalized spacial score (nSPS) is 14.4. The average molecular weight is 339 g/mol. The number of aromatic nitrogens is 3. The smallest absolute Gasteiger partial charge is 0.141 e. The van der Waals surface area contributed by atoms with E-state index in [2.05, 4.69) is 56.3 Å². The van der Waals surface area contributed by atoms with Gasteiger partial charge in [0.15, 0.2) is 0 Å². The molecule has 0 radical (unpaired) electrons. The maximum Gasteiger partial charge on any atom is 0.141 e. The van der Waals surface area contributed by atoms with Gasteiger partial charge in [-0.2, -0.15) is 5.26 Å². The van der Waals surface area contributed by atoms with Crippen molar-refractivity contribution in [2.45, 2.75) is 13.0 Å². The summed E-state index contributed by atoms with van der Waals surface area (Å²) in [5.41, 5.74) is 5.70. The number of nitrogens with zero attached hydrogens (tertiary/aromatic N) is 4. The molecule has 0 spiro atoms. The first kappa shape index (κ1) is 15.1. The third-order valence-electron chi connectivity index (χ3n) is 5.09. The average Bonchev–Trinajstić information content (AvgIpc) is 3.02. The van der Waals surface area contributed by atoms with Crippen LogP contribution in [0.5, 0.6) is 0 Å². The van der Waals surface area contributed by atoms with E-state index in [1.807, 2.05) is 12.3 Å². The van der Waals surface area contributed by atoms with Gasteiger partial charge in [-0.3, -0.25) is 4.90 Å². The van der Waals surface area contributed by atoms with E-state index in [0.29, 0.717) is 5.69 Å². The van der Waals surface area contributed by atoms with Crippen LogP contribution in [0.4, 0.5) is 0 Å². The van der Waals surface area contributed by atoms with Crippen LogP contribution in [0.3, 0.4) is 0 Å². The fourth-order valence-electron chi connectivity index (χ4n) is 3.49. The summed E-state index contributed by atoms with van der Waals surface area (Å²) in [6.07, 6.45) is 4.90. The number of hydrogen-bond donors (Lipinski definition) is 1. The van der Waals surface area contributed by atoms with Crippen LogP contribution in [0.25, 0.3) is 33.1 Å². The van der Waals surface area contributed by atoms with Crippen LogP contribution >= 0.6 is 0 Å². The number of rotatable bonds is 3. The summed E-state index contributed by atoms with van der Waals surface area (Å²) >= 11 is 0. The first-order chi connectivity index (χ1) is 12.8. The number of aromatic amines is 1. The topological polar surface area (TPSA) is 68.6 Å². The number of hydrogen-bond acceptors (Lipinski definition) is 4. The molecule has 5 heteroatoms. The molecular formula is C21H17N5. The van der Waals surface area contributed by atoms with Gasteiger partial charge in [-0.1, -0.05) is 24.3 Å². The SMILES string of the molecule is N#Cc1cc2c(cn1)[nH]c1ncc(-c3ccc(CN4CCC4)cc3)cc12. The highest BCUT2D eigenvalue weighted by Crippen LogP contribution is 2.29. The number of pyridine rings is 2. The van der Waals surface area contributed by atoms with E-state index in [1.165, 1.54) is 25.1 Å². The molecule has 4 aromatic rings. The van der Waals surface area contributed by atoms with E-state index in [1.54, 1.807) is 6.20 Å². The minimum atomic E-state index is 0.416. The third kappa shape index (κ3) is 2.52. The lowest BCUT2D eigenvalue weighted by molar-refractivity contribution is 0.172. The molecule has 1 aliphatic rings. The summed E-state index contributed by atoms with van der Waals surface area (Å²) in [5.74, 6) is 0. The van der Waals surface area contributed by atoms with Gasteiger partial charge in [0.25, 0.3) is 0 Å². The number of fused-ring (bicyclic) bond motifs is 3. The molecular weight excluding hydrogens is 322 g/mol. The molecule has 1 N–H and O–H groups in total. The summed E-state index contributed by atoms with van der Waals surface area (Å²) in [4.78, 5) is 14.4. The Morgan fingerprint density at radius 1 is 1.00 bits per heavy atom. The molecule has 0 amide bonds. The molecule has 0 unspecified atom stereocenters. The second-order valence-corrected chi connectivity index (χ2v) is 6.80. The first-order valence-electron chi connectivity index (χ1n) is 8.79. The largest absolute Gasteiger partial charge is 0.338 e. The maximum atomic E-state index is 9.11. The van der Waals surface area contributed by atoms with E-state index in [4.69, 9.17) is 5.26 Å². The Kier molecular flexibility index (Phi) is 3.44. The van der Waals surface area contributed by atoms with Crippen LogP contribution in [0.1, 0.15) is 17.7 Å². The van der Waals surface area contributed by atoms with Gasteiger partial charge in [-0.25, -0.2) is 9.97 Å². The van der Waals surface area contributed by atoms with E-state index in [0.717, 1.165) is 39.6 Å². The molecule has 5 rings (SSSR count). The Labute approximate surface area is 150 Å². The molecule has 0 saturated carbocycles. The summed E-state index contributed by atoms with van der Waals surface area (Å²) in [6.45, 7) is 3.45. The molecule has 4 heterocycles. The van der Waals surface area contributed by atoms with Crippen molar-refractivity contribution < 1.29 is 0 Å². The van der Waals surface area contributed by atoms with Crippen molar-refractivity contribution in [2.75, 3.05) is 13.1 Å². The molecule has 1 aromatic carbocycles. The Hall–Kier alpha value is -3.23. The van der Waals surface area contributed by atoms with Crippen molar-refractivity contribution in [2.24, 2.45) is 0 Å². The highest BCUT2D eigenvalue weighted by molar-refractivity contribution is 6.06. The summed E-state index contributed by atoms with van der Waals surface area (Å²) < 4.78 is 0. The predicted molar refractivity (Wildman–Crippen MR) is 101 cm³/mol. The van der Waals surface area contributed by atoms with Crippen LogP contribution in [-0.2, 0) is 6.54 Å². The second kappa shape index (κ2) is 5.94. The summed E-state index contributed by atoms with van der Waals surface area (Å²) in [5, 5.41) is 11.1. The van der Waals surface area contributed by atoms with E-state index in [9.17, 15) is 0 Å². The van der Waals surface area contributed by atoms with Gasteiger partial charge in [-0.15, -0.1) is 0 Å². The number of nitriles is 1. The molecule has 26 heavy (non-hydrogen) atoms. The molecule has 1 aliphatic heterocycles. The molecule has 0 atom stereocenters. The van der Waals surface area contributed by atoms with Crippen molar-refractivity contribution >= 4 is 21.9 Å². The lowest BCUT2D eigenvalue weighted by Gasteiger charge is -2.30. The Morgan fingerprint density at radius 3 is 2.58 bits per heavy atom. The van der Waals surface area contributed by atoms with Crippen molar-refractivity contribution in [3.8, 4) is 17.2 Å². The second-order valence-electron chi connectivity index (χ2n) is 6.80. The van der Waals surface area contributed by atoms with Crippen molar-refractivity contribution in [1.82, 2.24) is 19.9 Å². The van der Waals surface area contributed by atoms with Crippen LogP contribution in [0.2, 0.25) is 0 Å². The van der Waals surface area contributed by atoms with E-state index in [-0.39, 0.29) is 0 Å². The molecule has 126 valence electrons.